The second kappa shape index (κ2) is 9.80. The molecular weight excluding hydrogens is 467 g/mol. The molecule has 2 heterocycles. The fourth-order valence-corrected chi connectivity index (χ4v) is 3.73. The van der Waals surface area contributed by atoms with Gasteiger partial charge >= 0.3 is 6.18 Å². The zero-order chi connectivity index (χ0) is 24.3. The van der Waals surface area contributed by atoms with Crippen LogP contribution in [0.4, 0.5) is 13.2 Å². The van der Waals surface area contributed by atoms with Crippen LogP contribution in [0.15, 0.2) is 76.0 Å². The number of hydrogen-bond acceptors (Lipinski definition) is 5. The topological polar surface area (TPSA) is 78.7 Å². The van der Waals surface area contributed by atoms with E-state index in [0.29, 0.717) is 24.0 Å². The van der Waals surface area contributed by atoms with Crippen molar-refractivity contribution in [3.8, 4) is 0 Å². The van der Waals surface area contributed by atoms with E-state index in [9.17, 15) is 18.0 Å². The monoisotopic (exact) mass is 487 g/mol. The van der Waals surface area contributed by atoms with Gasteiger partial charge in [0, 0.05) is 36.5 Å². The van der Waals surface area contributed by atoms with Gasteiger partial charge in [-0.15, -0.1) is 0 Å². The molecule has 2 aromatic rings. The lowest BCUT2D eigenvalue weighted by molar-refractivity contribution is -0.137. The van der Waals surface area contributed by atoms with Crippen LogP contribution in [-0.2, 0) is 6.18 Å². The molecule has 0 saturated heterocycles. The molecule has 1 aliphatic heterocycles. The van der Waals surface area contributed by atoms with Gasteiger partial charge in [-0.1, -0.05) is 35.9 Å². The Morgan fingerprint density at radius 2 is 2.03 bits per heavy atom. The highest BCUT2D eigenvalue weighted by atomic mass is 35.5. The molecule has 0 radical (unpaired) electrons. The SMILES string of the molecule is CC1=C(NC2=NC(c3ccc(Cl)nc3)CC=N2)CC(NC(=O)c2cccc(C(F)(F)F)c2)C=C1. The number of rotatable bonds is 4. The normalized spacial score (nSPS) is 20.2. The summed E-state index contributed by atoms with van der Waals surface area (Å²) in [6.07, 6.45) is 3.63. The summed E-state index contributed by atoms with van der Waals surface area (Å²) in [5.74, 6) is -0.151. The van der Waals surface area contributed by atoms with Gasteiger partial charge in [-0.2, -0.15) is 13.2 Å². The number of benzene rings is 1. The van der Waals surface area contributed by atoms with E-state index in [1.54, 1.807) is 24.6 Å². The molecule has 0 bridgehead atoms. The van der Waals surface area contributed by atoms with Crippen LogP contribution in [0.3, 0.4) is 0 Å². The third-order valence-corrected chi connectivity index (χ3v) is 5.69. The highest BCUT2D eigenvalue weighted by molar-refractivity contribution is 6.29. The summed E-state index contributed by atoms with van der Waals surface area (Å²) >= 11 is 5.86. The molecule has 176 valence electrons. The lowest BCUT2D eigenvalue weighted by Crippen LogP contribution is -2.37. The van der Waals surface area contributed by atoms with Crippen molar-refractivity contribution in [2.45, 2.75) is 38.0 Å². The smallest absolute Gasteiger partial charge is 0.345 e. The first-order chi connectivity index (χ1) is 16.2. The molecular formula is C24H21ClF3N5O. The van der Waals surface area contributed by atoms with Crippen LogP contribution in [-0.4, -0.2) is 29.1 Å². The van der Waals surface area contributed by atoms with Gasteiger partial charge in [0.1, 0.15) is 5.15 Å². The van der Waals surface area contributed by atoms with Gasteiger partial charge in [-0.3, -0.25) is 4.79 Å². The number of hydrogen-bond donors (Lipinski definition) is 2. The zero-order valence-corrected chi connectivity index (χ0v) is 18.9. The van der Waals surface area contributed by atoms with Crippen LogP contribution in [0.1, 0.15) is 47.3 Å². The van der Waals surface area contributed by atoms with Crippen molar-refractivity contribution in [1.82, 2.24) is 15.6 Å². The number of carbonyl (C=O) groups is 1. The molecule has 0 saturated carbocycles. The van der Waals surface area contributed by atoms with Gasteiger partial charge in [0.2, 0.25) is 5.96 Å². The summed E-state index contributed by atoms with van der Waals surface area (Å²) < 4.78 is 38.9. The molecule has 2 unspecified atom stereocenters. The first-order valence-corrected chi connectivity index (χ1v) is 10.9. The predicted molar refractivity (Wildman–Crippen MR) is 125 cm³/mol. The van der Waals surface area contributed by atoms with Crippen LogP contribution >= 0.6 is 11.6 Å². The van der Waals surface area contributed by atoms with Crippen LogP contribution in [0, 0.1) is 0 Å². The fraction of sp³-hybridized carbons (Fsp3) is 0.250. The van der Waals surface area contributed by atoms with Crippen LogP contribution < -0.4 is 10.6 Å². The van der Waals surface area contributed by atoms with Gasteiger partial charge in [0.25, 0.3) is 5.91 Å². The molecule has 2 aliphatic rings. The number of amides is 1. The first kappa shape index (κ1) is 23.7. The molecule has 6 nitrogen and oxygen atoms in total. The van der Waals surface area contributed by atoms with Crippen molar-refractivity contribution in [1.29, 1.82) is 0 Å². The minimum atomic E-state index is -4.51. The molecule has 1 aromatic heterocycles. The first-order valence-electron chi connectivity index (χ1n) is 10.5. The molecule has 0 spiro atoms. The number of guanidine groups is 1. The summed E-state index contributed by atoms with van der Waals surface area (Å²) in [5.41, 5.74) is 1.75. The van der Waals surface area contributed by atoms with Gasteiger partial charge in [-0.05, 0) is 42.3 Å². The van der Waals surface area contributed by atoms with E-state index in [1.807, 2.05) is 19.1 Å². The van der Waals surface area contributed by atoms with Gasteiger partial charge in [0.05, 0.1) is 17.6 Å². The molecule has 1 aliphatic carbocycles. The van der Waals surface area contributed by atoms with Crippen molar-refractivity contribution in [3.63, 3.8) is 0 Å². The van der Waals surface area contributed by atoms with Crippen molar-refractivity contribution < 1.29 is 18.0 Å². The number of carbonyl (C=O) groups excluding carboxylic acids is 1. The number of alkyl halides is 3. The second-order valence-electron chi connectivity index (χ2n) is 7.94. The Bertz CT molecular complexity index is 1200. The summed E-state index contributed by atoms with van der Waals surface area (Å²) in [6, 6.07) is 7.38. The minimum absolute atomic E-state index is 0.0512. The van der Waals surface area contributed by atoms with Crippen molar-refractivity contribution >= 4 is 29.7 Å². The number of halogens is 4. The van der Waals surface area contributed by atoms with Crippen LogP contribution in [0.2, 0.25) is 5.15 Å². The zero-order valence-electron chi connectivity index (χ0n) is 18.1. The van der Waals surface area contributed by atoms with Crippen LogP contribution in [0.25, 0.3) is 0 Å². The average Bonchev–Trinajstić information content (AvgIpc) is 2.81. The molecule has 1 aromatic carbocycles. The highest BCUT2D eigenvalue weighted by Gasteiger charge is 2.31. The van der Waals surface area contributed by atoms with E-state index in [1.165, 1.54) is 12.1 Å². The van der Waals surface area contributed by atoms with E-state index in [4.69, 9.17) is 11.6 Å². The average molecular weight is 488 g/mol. The maximum absolute atomic E-state index is 13.0. The van der Waals surface area contributed by atoms with E-state index < -0.39 is 23.7 Å². The summed E-state index contributed by atoms with van der Waals surface area (Å²) in [5, 5.41) is 6.41. The third kappa shape index (κ3) is 5.72. The molecule has 2 atom stereocenters. The molecule has 0 fully saturated rings. The summed E-state index contributed by atoms with van der Waals surface area (Å²) in [4.78, 5) is 25.7. The predicted octanol–water partition coefficient (Wildman–Crippen LogP) is 5.25. The minimum Gasteiger partial charge on any atom is -0.345 e. The Kier molecular flexibility index (Phi) is 6.83. The number of allylic oxidation sites excluding steroid dienone is 2. The van der Waals surface area contributed by atoms with E-state index in [0.717, 1.165) is 29.0 Å². The largest absolute Gasteiger partial charge is 0.416 e. The Morgan fingerprint density at radius 3 is 2.76 bits per heavy atom. The lowest BCUT2D eigenvalue weighted by Gasteiger charge is -2.24. The Labute approximate surface area is 199 Å². The molecule has 2 N–H and O–H groups in total. The summed E-state index contributed by atoms with van der Waals surface area (Å²) in [6.45, 7) is 1.91. The standard InChI is InChI=1S/C24H21ClF3N5O/c1-14-5-7-18(31-22(34)15-3-2-4-17(11-15)24(26,27)28)12-20(14)33-23-29-10-9-19(32-23)16-6-8-21(25)30-13-16/h2-8,10-11,13,18-19H,9,12H2,1H3,(H,31,34)(H,32,33). The lowest BCUT2D eigenvalue weighted by atomic mass is 9.99. The second-order valence-corrected chi connectivity index (χ2v) is 8.33. The van der Waals surface area contributed by atoms with Crippen LogP contribution in [0.5, 0.6) is 0 Å². The number of aromatic nitrogens is 1. The van der Waals surface area contributed by atoms with Gasteiger partial charge in [0.15, 0.2) is 0 Å². The van der Waals surface area contributed by atoms with Gasteiger partial charge < -0.3 is 10.6 Å². The quantitative estimate of drug-likeness (QED) is 0.578. The summed E-state index contributed by atoms with van der Waals surface area (Å²) in [7, 11) is 0. The maximum atomic E-state index is 13.0. The third-order valence-electron chi connectivity index (χ3n) is 5.47. The molecule has 4 rings (SSSR count). The van der Waals surface area contributed by atoms with Crippen molar-refractivity contribution in [2.75, 3.05) is 0 Å². The Morgan fingerprint density at radius 1 is 1.21 bits per heavy atom. The highest BCUT2D eigenvalue weighted by Crippen LogP contribution is 2.30. The van der Waals surface area contributed by atoms with Crippen molar-refractivity contribution in [3.05, 3.63) is 87.9 Å². The molecule has 10 heteroatoms. The molecule has 1 amide bonds. The molecule has 34 heavy (non-hydrogen) atoms. The van der Waals surface area contributed by atoms with E-state index in [2.05, 4.69) is 25.6 Å². The number of pyridine rings is 1. The number of aliphatic imine (C=N–C) groups is 2. The Hall–Kier alpha value is -3.46. The Balaban J connectivity index is 1.43. The van der Waals surface area contributed by atoms with E-state index in [-0.39, 0.29) is 11.6 Å². The number of nitrogens with one attached hydrogen (secondary N) is 2. The number of nitrogens with zero attached hydrogens (tertiary/aromatic N) is 3. The van der Waals surface area contributed by atoms with E-state index >= 15 is 0 Å². The fourth-order valence-electron chi connectivity index (χ4n) is 3.61. The maximum Gasteiger partial charge on any atom is 0.416 e. The van der Waals surface area contributed by atoms with Crippen molar-refractivity contribution in [2.24, 2.45) is 9.98 Å². The van der Waals surface area contributed by atoms with Gasteiger partial charge in [-0.25, -0.2) is 15.0 Å².